The van der Waals surface area contributed by atoms with Gasteiger partial charge in [0.1, 0.15) is 19.0 Å². The summed E-state index contributed by atoms with van der Waals surface area (Å²) in [5.74, 6) is 0.523. The second-order valence-corrected chi connectivity index (χ2v) is 9.78. The minimum atomic E-state index is -3.48. The van der Waals surface area contributed by atoms with Gasteiger partial charge < -0.3 is 9.47 Å². The number of para-hydroxylation sites is 1. The number of pyridine rings is 1. The van der Waals surface area contributed by atoms with Gasteiger partial charge in [0.2, 0.25) is 10.0 Å². The molecule has 4 rings (SSSR count). The molecule has 7 nitrogen and oxygen atoms in total. The molecule has 3 aromatic rings. The lowest BCUT2D eigenvalue weighted by atomic mass is 10.1. The maximum Gasteiger partial charge on any atom is 0.339 e. The van der Waals surface area contributed by atoms with Crippen LogP contribution in [0, 0.1) is 0 Å². The molecule has 2 aromatic carbocycles. The fourth-order valence-corrected chi connectivity index (χ4v) is 4.14. The summed E-state index contributed by atoms with van der Waals surface area (Å²) < 4.78 is 36.4. The van der Waals surface area contributed by atoms with E-state index in [9.17, 15) is 13.2 Å². The van der Waals surface area contributed by atoms with Crippen LogP contribution in [0.1, 0.15) is 34.8 Å². The van der Waals surface area contributed by atoms with Crippen LogP contribution in [0.25, 0.3) is 10.9 Å². The van der Waals surface area contributed by atoms with Gasteiger partial charge in [-0.15, -0.1) is 0 Å². The van der Waals surface area contributed by atoms with Gasteiger partial charge in [-0.2, -0.15) is 0 Å². The van der Waals surface area contributed by atoms with E-state index in [1.165, 1.54) is 26.2 Å². The van der Waals surface area contributed by atoms with Crippen LogP contribution >= 0.6 is 0 Å². The minimum absolute atomic E-state index is 0.0754. The Balaban J connectivity index is 1.37. The Hall–Kier alpha value is -2.97. The van der Waals surface area contributed by atoms with Gasteiger partial charge >= 0.3 is 5.97 Å². The van der Waals surface area contributed by atoms with Crippen molar-refractivity contribution in [2.24, 2.45) is 0 Å². The Morgan fingerprint density at radius 2 is 1.77 bits per heavy atom. The molecule has 0 aliphatic heterocycles. The molecule has 1 aliphatic rings. The molecule has 0 unspecified atom stereocenters. The number of benzene rings is 2. The van der Waals surface area contributed by atoms with Crippen molar-refractivity contribution in [2.75, 3.05) is 27.3 Å². The lowest BCUT2D eigenvalue weighted by Crippen LogP contribution is -2.22. The summed E-state index contributed by atoms with van der Waals surface area (Å²) >= 11 is 0. The largest absolute Gasteiger partial charge is 0.490 e. The highest BCUT2D eigenvalue weighted by Gasteiger charge is 2.27. The molecule has 0 amide bonds. The van der Waals surface area contributed by atoms with Crippen LogP contribution in [-0.4, -0.2) is 51.0 Å². The molecule has 0 saturated heterocycles. The third-order valence-corrected chi connectivity index (χ3v) is 6.97. The first-order chi connectivity index (χ1) is 14.9. The standard InChI is InChI=1S/C23H24N2O5S/c1-25(2)31(27,28)18-11-9-17(10-12-18)29-13-14-30-23(26)20-15-22(16-7-8-16)24-21-6-4-3-5-19(20)21/h3-6,9-12,15-16H,7-8,13-14H2,1-2H3. The van der Waals surface area contributed by atoms with E-state index in [4.69, 9.17) is 9.47 Å². The van der Waals surface area contributed by atoms with E-state index >= 15 is 0 Å². The number of rotatable bonds is 8. The third kappa shape index (κ3) is 4.70. The molecule has 1 aromatic heterocycles. The normalized spacial score (nSPS) is 14.0. The zero-order valence-corrected chi connectivity index (χ0v) is 18.3. The molecular weight excluding hydrogens is 416 g/mol. The number of nitrogens with zero attached hydrogens (tertiary/aromatic N) is 2. The second-order valence-electron chi connectivity index (χ2n) is 7.63. The number of carbonyl (C=O) groups is 1. The number of hydrogen-bond donors (Lipinski definition) is 0. The number of sulfonamides is 1. The van der Waals surface area contributed by atoms with Gasteiger partial charge in [0.05, 0.1) is 16.0 Å². The van der Waals surface area contributed by atoms with Crippen LogP contribution in [0.3, 0.4) is 0 Å². The van der Waals surface area contributed by atoms with Crippen LogP contribution in [0.2, 0.25) is 0 Å². The zero-order chi connectivity index (χ0) is 22.0. The molecule has 0 spiro atoms. The topological polar surface area (TPSA) is 85.8 Å². The number of hydrogen-bond acceptors (Lipinski definition) is 6. The quantitative estimate of drug-likeness (QED) is 0.393. The van der Waals surface area contributed by atoms with E-state index in [1.54, 1.807) is 12.1 Å². The van der Waals surface area contributed by atoms with E-state index in [1.807, 2.05) is 30.3 Å². The predicted octanol–water partition coefficient (Wildman–Crippen LogP) is 3.60. The van der Waals surface area contributed by atoms with Crippen molar-refractivity contribution in [3.63, 3.8) is 0 Å². The van der Waals surface area contributed by atoms with Gasteiger partial charge in [-0.1, -0.05) is 18.2 Å². The molecule has 8 heteroatoms. The van der Waals surface area contributed by atoms with E-state index < -0.39 is 16.0 Å². The van der Waals surface area contributed by atoms with Crippen molar-refractivity contribution in [1.29, 1.82) is 0 Å². The Kier molecular flexibility index (Phi) is 5.93. The summed E-state index contributed by atoms with van der Waals surface area (Å²) in [6.07, 6.45) is 2.20. The van der Waals surface area contributed by atoms with E-state index in [-0.39, 0.29) is 18.1 Å². The monoisotopic (exact) mass is 440 g/mol. The number of fused-ring (bicyclic) bond motifs is 1. The molecule has 0 N–H and O–H groups in total. The fraction of sp³-hybridized carbons (Fsp3) is 0.304. The van der Waals surface area contributed by atoms with E-state index in [0.717, 1.165) is 33.7 Å². The van der Waals surface area contributed by atoms with Crippen molar-refractivity contribution < 1.29 is 22.7 Å². The number of carbonyl (C=O) groups excluding carboxylic acids is 1. The molecule has 162 valence electrons. The molecule has 1 fully saturated rings. The highest BCUT2D eigenvalue weighted by molar-refractivity contribution is 7.89. The molecule has 31 heavy (non-hydrogen) atoms. The lowest BCUT2D eigenvalue weighted by molar-refractivity contribution is 0.0452. The average Bonchev–Trinajstić information content (AvgIpc) is 3.61. The lowest BCUT2D eigenvalue weighted by Gasteiger charge is -2.12. The van der Waals surface area contributed by atoms with Crippen molar-refractivity contribution in [3.8, 4) is 5.75 Å². The summed E-state index contributed by atoms with van der Waals surface area (Å²) in [6.45, 7) is 0.232. The number of ether oxygens (including phenoxy) is 2. The molecule has 0 atom stereocenters. The summed E-state index contributed by atoms with van der Waals surface area (Å²) in [4.78, 5) is 17.6. The summed E-state index contributed by atoms with van der Waals surface area (Å²) in [6, 6.07) is 15.5. The first kappa shape index (κ1) is 21.3. The van der Waals surface area contributed by atoms with Crippen LogP contribution in [-0.2, 0) is 14.8 Å². The maximum atomic E-state index is 12.7. The van der Waals surface area contributed by atoms with E-state index in [0.29, 0.717) is 17.2 Å². The SMILES string of the molecule is CN(C)S(=O)(=O)c1ccc(OCCOC(=O)c2cc(C3CC3)nc3ccccc23)cc1. The smallest absolute Gasteiger partial charge is 0.339 e. The van der Waals surface area contributed by atoms with Crippen LogP contribution in [0.15, 0.2) is 59.5 Å². The van der Waals surface area contributed by atoms with Crippen LogP contribution in [0.4, 0.5) is 0 Å². The second kappa shape index (κ2) is 8.64. The highest BCUT2D eigenvalue weighted by Crippen LogP contribution is 2.40. The number of aromatic nitrogens is 1. The van der Waals surface area contributed by atoms with Gasteiger partial charge in [-0.05, 0) is 49.2 Å². The molecular formula is C23H24N2O5S. The highest BCUT2D eigenvalue weighted by atomic mass is 32.2. The summed E-state index contributed by atoms with van der Waals surface area (Å²) in [5, 5.41) is 0.774. The van der Waals surface area contributed by atoms with E-state index in [2.05, 4.69) is 4.98 Å². The third-order valence-electron chi connectivity index (χ3n) is 5.14. The van der Waals surface area contributed by atoms with Crippen molar-refractivity contribution in [2.45, 2.75) is 23.7 Å². The molecule has 0 radical (unpaired) electrons. The van der Waals surface area contributed by atoms with Gasteiger partial charge in [0.15, 0.2) is 0 Å². The Bertz CT molecular complexity index is 1200. The van der Waals surface area contributed by atoms with Gasteiger partial charge in [-0.3, -0.25) is 4.98 Å². The molecule has 1 saturated carbocycles. The molecule has 1 heterocycles. The van der Waals surface area contributed by atoms with Crippen LogP contribution in [0.5, 0.6) is 5.75 Å². The number of esters is 1. The Morgan fingerprint density at radius 3 is 2.45 bits per heavy atom. The average molecular weight is 441 g/mol. The van der Waals surface area contributed by atoms with Crippen molar-refractivity contribution >= 4 is 26.9 Å². The summed E-state index contributed by atoms with van der Waals surface area (Å²) in [5.41, 5.74) is 2.25. The predicted molar refractivity (Wildman–Crippen MR) is 117 cm³/mol. The molecule has 1 aliphatic carbocycles. The minimum Gasteiger partial charge on any atom is -0.490 e. The van der Waals surface area contributed by atoms with Crippen molar-refractivity contribution in [1.82, 2.24) is 9.29 Å². The Labute approximate surface area is 181 Å². The van der Waals surface area contributed by atoms with Crippen molar-refractivity contribution in [3.05, 3.63) is 65.9 Å². The van der Waals surface area contributed by atoms with Gasteiger partial charge in [-0.25, -0.2) is 17.5 Å². The first-order valence-corrected chi connectivity index (χ1v) is 11.5. The van der Waals surface area contributed by atoms with Gasteiger partial charge in [0.25, 0.3) is 0 Å². The zero-order valence-electron chi connectivity index (χ0n) is 17.4. The van der Waals surface area contributed by atoms with Crippen LogP contribution < -0.4 is 4.74 Å². The Morgan fingerprint density at radius 1 is 1.06 bits per heavy atom. The van der Waals surface area contributed by atoms with Gasteiger partial charge in [0, 0.05) is 31.1 Å². The maximum absolute atomic E-state index is 12.7. The fourth-order valence-electron chi connectivity index (χ4n) is 3.24. The summed E-state index contributed by atoms with van der Waals surface area (Å²) in [7, 11) is -0.521. The molecule has 0 bridgehead atoms. The first-order valence-electron chi connectivity index (χ1n) is 10.1.